The molecular formula is C12H15ClF3NO3S. The number of benzene rings is 1. The summed E-state index contributed by atoms with van der Waals surface area (Å²) in [7, 11) is -4.40. The summed E-state index contributed by atoms with van der Waals surface area (Å²) in [5.74, 6) is 0. The van der Waals surface area contributed by atoms with Crippen LogP contribution in [0.5, 0.6) is 0 Å². The molecule has 0 aliphatic rings. The molecule has 1 rings (SSSR count). The van der Waals surface area contributed by atoms with Crippen molar-refractivity contribution in [3.8, 4) is 0 Å². The predicted octanol–water partition coefficient (Wildman–Crippen LogP) is 2.75. The Labute approximate surface area is 126 Å². The molecule has 0 unspecified atom stereocenters. The van der Waals surface area contributed by atoms with Crippen molar-refractivity contribution in [2.75, 3.05) is 13.2 Å². The van der Waals surface area contributed by atoms with Gasteiger partial charge in [-0.05, 0) is 32.0 Å². The lowest BCUT2D eigenvalue weighted by Gasteiger charge is -2.26. The second kappa shape index (κ2) is 6.51. The highest BCUT2D eigenvalue weighted by molar-refractivity contribution is 7.89. The molecular weight excluding hydrogens is 331 g/mol. The average molecular weight is 346 g/mol. The van der Waals surface area contributed by atoms with E-state index in [-0.39, 0.29) is 11.6 Å². The van der Waals surface area contributed by atoms with Gasteiger partial charge in [-0.3, -0.25) is 0 Å². The number of aliphatic hydroxyl groups is 1. The van der Waals surface area contributed by atoms with Gasteiger partial charge in [0.05, 0.1) is 17.1 Å². The predicted molar refractivity (Wildman–Crippen MR) is 72.6 cm³/mol. The normalized spacial score (nSPS) is 13.2. The molecule has 0 aromatic heterocycles. The molecule has 0 saturated heterocycles. The fourth-order valence-electron chi connectivity index (χ4n) is 1.83. The Morgan fingerprint density at radius 1 is 1.33 bits per heavy atom. The first kappa shape index (κ1) is 18.2. The van der Waals surface area contributed by atoms with E-state index in [4.69, 9.17) is 16.7 Å². The van der Waals surface area contributed by atoms with Crippen molar-refractivity contribution >= 4 is 21.6 Å². The van der Waals surface area contributed by atoms with Gasteiger partial charge in [0.25, 0.3) is 0 Å². The first-order valence-corrected chi connectivity index (χ1v) is 7.83. The van der Waals surface area contributed by atoms with Crippen molar-refractivity contribution in [1.29, 1.82) is 0 Å². The highest BCUT2D eigenvalue weighted by Gasteiger charge is 2.39. The first-order valence-electron chi connectivity index (χ1n) is 6.01. The van der Waals surface area contributed by atoms with Crippen LogP contribution in [0.4, 0.5) is 13.2 Å². The lowest BCUT2D eigenvalue weighted by Crippen LogP contribution is -2.39. The fraction of sp³-hybridized carbons (Fsp3) is 0.500. The van der Waals surface area contributed by atoms with Gasteiger partial charge in [-0.2, -0.15) is 17.5 Å². The first-order chi connectivity index (χ1) is 9.51. The summed E-state index contributed by atoms with van der Waals surface area (Å²) in [6, 6.07) is 1.89. The number of halogens is 4. The van der Waals surface area contributed by atoms with Crippen molar-refractivity contribution in [3.63, 3.8) is 0 Å². The minimum atomic E-state index is -4.85. The molecule has 0 aliphatic heterocycles. The van der Waals surface area contributed by atoms with Crippen LogP contribution in [0.25, 0.3) is 0 Å². The van der Waals surface area contributed by atoms with Gasteiger partial charge in [0.15, 0.2) is 0 Å². The Kier molecular flexibility index (Phi) is 5.65. The third kappa shape index (κ3) is 4.09. The van der Waals surface area contributed by atoms with Crippen LogP contribution < -0.4 is 0 Å². The monoisotopic (exact) mass is 345 g/mol. The molecule has 4 nitrogen and oxygen atoms in total. The third-order valence-electron chi connectivity index (χ3n) is 2.73. The topological polar surface area (TPSA) is 57.6 Å². The highest BCUT2D eigenvalue weighted by Crippen LogP contribution is 2.37. The van der Waals surface area contributed by atoms with Crippen molar-refractivity contribution < 1.29 is 26.7 Å². The number of aliphatic hydroxyl groups excluding tert-OH is 1. The van der Waals surface area contributed by atoms with E-state index in [1.54, 1.807) is 0 Å². The number of sulfonamides is 1. The van der Waals surface area contributed by atoms with Gasteiger partial charge in [0, 0.05) is 17.6 Å². The second-order valence-corrected chi connectivity index (χ2v) is 6.87. The Hall–Kier alpha value is -0.830. The maximum Gasteiger partial charge on any atom is 0.417 e. The molecule has 0 bridgehead atoms. The molecule has 1 N–H and O–H groups in total. The summed E-state index contributed by atoms with van der Waals surface area (Å²) in [6.45, 7) is 2.24. The molecule has 0 radical (unpaired) electrons. The molecule has 0 saturated carbocycles. The summed E-state index contributed by atoms with van der Waals surface area (Å²) >= 11 is 5.53. The summed E-state index contributed by atoms with van der Waals surface area (Å²) in [5.41, 5.74) is -1.32. The Balaban J connectivity index is 3.51. The maximum atomic E-state index is 13.0. The zero-order chi connectivity index (χ0) is 16.4. The van der Waals surface area contributed by atoms with Gasteiger partial charge in [0.2, 0.25) is 10.0 Å². The summed E-state index contributed by atoms with van der Waals surface area (Å²) in [6.07, 6.45) is -4.85. The standard InChI is InChI=1S/C12H15ClF3NO3S/c1-8(2)17(5-6-18)21(19,20)11-4-3-9(13)7-10(11)12(14,15)16/h3-4,7-8,18H,5-6H2,1-2H3. The zero-order valence-corrected chi connectivity index (χ0v) is 12.9. The quantitative estimate of drug-likeness (QED) is 0.892. The number of nitrogens with zero attached hydrogens (tertiary/aromatic N) is 1. The molecule has 1 aromatic rings. The Bertz CT molecular complexity index is 602. The molecule has 0 heterocycles. The molecule has 0 fully saturated rings. The minimum Gasteiger partial charge on any atom is -0.395 e. The second-order valence-electron chi connectivity index (χ2n) is 4.57. The number of hydrogen-bond acceptors (Lipinski definition) is 3. The van der Waals surface area contributed by atoms with Gasteiger partial charge >= 0.3 is 6.18 Å². The largest absolute Gasteiger partial charge is 0.417 e. The Morgan fingerprint density at radius 3 is 2.33 bits per heavy atom. The molecule has 1 aromatic carbocycles. The van der Waals surface area contributed by atoms with E-state index in [1.807, 2.05) is 0 Å². The highest BCUT2D eigenvalue weighted by atomic mass is 35.5. The van der Waals surface area contributed by atoms with Gasteiger partial charge in [-0.1, -0.05) is 11.6 Å². The van der Waals surface area contributed by atoms with E-state index in [1.165, 1.54) is 13.8 Å². The van der Waals surface area contributed by atoms with Crippen LogP contribution in [0, 0.1) is 0 Å². The number of rotatable bonds is 5. The van der Waals surface area contributed by atoms with Gasteiger partial charge in [-0.15, -0.1) is 0 Å². The SMILES string of the molecule is CC(C)N(CCO)S(=O)(=O)c1ccc(Cl)cc1C(F)(F)F. The van der Waals surface area contributed by atoms with E-state index in [0.29, 0.717) is 6.07 Å². The Morgan fingerprint density at radius 2 is 1.90 bits per heavy atom. The molecule has 21 heavy (non-hydrogen) atoms. The average Bonchev–Trinajstić information content (AvgIpc) is 2.33. The molecule has 0 aliphatic carbocycles. The van der Waals surface area contributed by atoms with Crippen LogP contribution in [0.3, 0.4) is 0 Å². The van der Waals surface area contributed by atoms with Crippen LogP contribution >= 0.6 is 11.6 Å². The van der Waals surface area contributed by atoms with Crippen molar-refractivity contribution in [1.82, 2.24) is 4.31 Å². The van der Waals surface area contributed by atoms with Crippen molar-refractivity contribution in [2.24, 2.45) is 0 Å². The summed E-state index contributed by atoms with van der Waals surface area (Å²) in [5, 5.41) is 8.71. The molecule has 0 atom stereocenters. The van der Waals surface area contributed by atoms with E-state index in [2.05, 4.69) is 0 Å². The smallest absolute Gasteiger partial charge is 0.395 e. The number of alkyl halides is 3. The minimum absolute atomic E-state index is 0.209. The van der Waals surface area contributed by atoms with Crippen LogP contribution in [0.15, 0.2) is 23.1 Å². The lowest BCUT2D eigenvalue weighted by molar-refractivity contribution is -0.139. The van der Waals surface area contributed by atoms with Crippen LogP contribution in [-0.4, -0.2) is 37.0 Å². The zero-order valence-electron chi connectivity index (χ0n) is 11.4. The van der Waals surface area contributed by atoms with Crippen molar-refractivity contribution in [2.45, 2.75) is 31.0 Å². The van der Waals surface area contributed by atoms with Gasteiger partial charge < -0.3 is 5.11 Å². The fourth-order valence-corrected chi connectivity index (χ4v) is 3.82. The van der Waals surface area contributed by atoms with E-state index >= 15 is 0 Å². The third-order valence-corrected chi connectivity index (χ3v) is 5.10. The van der Waals surface area contributed by atoms with Gasteiger partial charge in [-0.25, -0.2) is 8.42 Å². The van der Waals surface area contributed by atoms with Crippen molar-refractivity contribution in [3.05, 3.63) is 28.8 Å². The van der Waals surface area contributed by atoms with E-state index in [9.17, 15) is 21.6 Å². The lowest BCUT2D eigenvalue weighted by atomic mass is 10.2. The molecule has 0 amide bonds. The van der Waals surface area contributed by atoms with Crippen LogP contribution in [-0.2, 0) is 16.2 Å². The summed E-state index contributed by atoms with van der Waals surface area (Å²) in [4.78, 5) is -0.874. The van der Waals surface area contributed by atoms with Crippen LogP contribution in [0.1, 0.15) is 19.4 Å². The molecule has 120 valence electrons. The van der Waals surface area contributed by atoms with E-state index in [0.717, 1.165) is 16.4 Å². The number of hydrogen-bond donors (Lipinski definition) is 1. The van der Waals surface area contributed by atoms with Gasteiger partial charge in [0.1, 0.15) is 0 Å². The molecule has 9 heteroatoms. The maximum absolute atomic E-state index is 13.0. The summed E-state index contributed by atoms with van der Waals surface area (Å²) < 4.78 is 64.7. The van der Waals surface area contributed by atoms with E-state index < -0.39 is 39.3 Å². The van der Waals surface area contributed by atoms with Crippen LogP contribution in [0.2, 0.25) is 5.02 Å². The molecule has 0 spiro atoms.